The minimum Gasteiger partial charge on any atom is -0.364 e. The fraction of sp³-hybridized carbons (Fsp3) is 0.273. The lowest BCUT2D eigenvalue weighted by Crippen LogP contribution is -2.71. The minimum absolute atomic E-state index is 0.0885. The van der Waals surface area contributed by atoms with Crippen LogP contribution >= 0.6 is 0 Å². The van der Waals surface area contributed by atoms with Gasteiger partial charge in [-0.3, -0.25) is 0 Å². The highest BCUT2D eigenvalue weighted by molar-refractivity contribution is 6.82. The summed E-state index contributed by atoms with van der Waals surface area (Å²) in [5, 5.41) is 0.384. The summed E-state index contributed by atoms with van der Waals surface area (Å²) in [5.41, 5.74) is 10.7. The Bertz CT molecular complexity index is 755. The van der Waals surface area contributed by atoms with Crippen molar-refractivity contribution in [2.45, 2.75) is 15.9 Å². The van der Waals surface area contributed by atoms with Gasteiger partial charge in [-0.2, -0.15) is 0 Å². The van der Waals surface area contributed by atoms with Gasteiger partial charge in [0.1, 0.15) is 70.6 Å². The van der Waals surface area contributed by atoms with Crippen molar-refractivity contribution in [3.8, 4) is 0 Å². The summed E-state index contributed by atoms with van der Waals surface area (Å²) in [7, 11) is 24.8. The standard InChI is InChI=1S/C11H22B11N/c12-2-1-3(13)6(14)7-4(2)5-8(15)10(17,18)23(21)11(19,20)9(5,16)22-7/h1,22H,12-21H2. The highest BCUT2D eigenvalue weighted by atomic mass is 15.1. The number of benzene rings is 1. The predicted octanol–water partition coefficient (Wildman–Crippen LogP) is -11.7. The Kier molecular flexibility index (Phi) is 3.67. The molecule has 0 bridgehead atoms. The first-order chi connectivity index (χ1) is 10.4. The van der Waals surface area contributed by atoms with Gasteiger partial charge < -0.3 is 4.81 Å². The van der Waals surface area contributed by atoms with Crippen LogP contribution in [0, 0.1) is 0 Å². The summed E-state index contributed by atoms with van der Waals surface area (Å²) in [6.07, 6.45) is 0. The second kappa shape index (κ2) is 4.84. The van der Waals surface area contributed by atoms with Gasteiger partial charge in [0, 0.05) is 0 Å². The van der Waals surface area contributed by atoms with E-state index in [9.17, 15) is 0 Å². The van der Waals surface area contributed by atoms with E-state index in [1.165, 1.54) is 16.4 Å². The molecule has 0 fully saturated rings. The molecule has 1 aromatic rings. The molecule has 2 aliphatic rings. The molecular formula is C11H22B11N. The molecule has 3 rings (SSSR count). The van der Waals surface area contributed by atoms with E-state index in [0.29, 0.717) is 0 Å². The molecule has 23 heavy (non-hydrogen) atoms. The van der Waals surface area contributed by atoms with Crippen molar-refractivity contribution in [1.29, 1.82) is 0 Å². The van der Waals surface area contributed by atoms with Crippen molar-refractivity contribution in [1.82, 2.24) is 4.81 Å². The Labute approximate surface area is 151 Å². The van der Waals surface area contributed by atoms with Gasteiger partial charge >= 0.3 is 0 Å². The second-order valence-corrected chi connectivity index (χ2v) is 9.17. The van der Waals surface area contributed by atoms with E-state index in [0.717, 1.165) is 7.28 Å². The van der Waals surface area contributed by atoms with E-state index < -0.39 is 0 Å². The van der Waals surface area contributed by atoms with E-state index in [4.69, 9.17) is 0 Å². The van der Waals surface area contributed by atoms with Gasteiger partial charge in [0.05, 0.1) is 0 Å². The first-order valence-corrected chi connectivity index (χ1v) is 8.93. The van der Waals surface area contributed by atoms with E-state index in [1.54, 1.807) is 22.1 Å². The Morgan fingerprint density at radius 2 is 1.48 bits per heavy atom. The number of hydrogen-bond acceptors (Lipinski definition) is 1. The van der Waals surface area contributed by atoms with Crippen molar-refractivity contribution in [2.75, 3.05) is 0 Å². The summed E-state index contributed by atoms with van der Waals surface area (Å²) in [6, 6.07) is 2.39. The summed E-state index contributed by atoms with van der Waals surface area (Å²) < 4.78 is 0. The van der Waals surface area contributed by atoms with Crippen LogP contribution in [-0.4, -0.2) is 101 Å². The molecule has 0 saturated carbocycles. The largest absolute Gasteiger partial charge is 0.364 e. The van der Waals surface area contributed by atoms with Crippen molar-refractivity contribution >= 4 is 113 Å². The fourth-order valence-electron chi connectivity index (χ4n) is 5.21. The molecule has 0 amide bonds. The molecule has 1 nitrogen and oxygen atoms in total. The molecule has 0 spiro atoms. The number of nitrogens with zero attached hydrogens (tertiary/aromatic N) is 1. The normalized spacial score (nSPS) is 28.0. The van der Waals surface area contributed by atoms with Gasteiger partial charge in [-0.1, -0.05) is 38.6 Å². The Balaban J connectivity index is 2.44. The average Bonchev–Trinajstić information content (AvgIpc) is 2.78. The zero-order valence-corrected chi connectivity index (χ0v) is 16.7. The molecule has 104 valence electrons. The summed E-state index contributed by atoms with van der Waals surface area (Å²) in [6.45, 7) is 0. The minimum atomic E-state index is 0.0885. The van der Waals surface area contributed by atoms with Gasteiger partial charge in [0.15, 0.2) is 15.3 Å². The fourth-order valence-corrected chi connectivity index (χ4v) is 5.21. The third-order valence-corrected chi connectivity index (χ3v) is 7.83. The Hall–Kier alpha value is -0.366. The molecule has 0 saturated heterocycles. The monoisotopic (exact) mass is 289 g/mol. The third kappa shape index (κ3) is 1.94. The van der Waals surface area contributed by atoms with Gasteiger partial charge in [0.25, 0.3) is 0 Å². The Morgan fingerprint density at radius 1 is 0.913 bits per heavy atom. The molecular weight excluding hydrogens is 265 g/mol. The van der Waals surface area contributed by atoms with E-state index >= 15 is 0 Å². The molecule has 1 unspecified atom stereocenters. The average molecular weight is 287 g/mol. The van der Waals surface area contributed by atoms with Crippen LogP contribution in [0.15, 0.2) is 11.5 Å². The lowest BCUT2D eigenvalue weighted by Gasteiger charge is -2.62. The molecule has 1 aromatic carbocycles. The van der Waals surface area contributed by atoms with Crippen LogP contribution in [0.4, 0.5) is 0 Å². The lowest BCUT2D eigenvalue weighted by molar-refractivity contribution is 0.333. The first-order valence-electron chi connectivity index (χ1n) is 8.93. The zero-order chi connectivity index (χ0) is 17.5. The summed E-state index contributed by atoms with van der Waals surface area (Å²) in [4.78, 5) is 2.60. The molecule has 0 radical (unpaired) electrons. The van der Waals surface area contributed by atoms with Crippen molar-refractivity contribution in [3.63, 3.8) is 0 Å². The SMILES string of the molecule is BC1=C2c3c(B)cc(B)c(B)c3BC2(B)C(B)(B)N(B)C1(B)B. The van der Waals surface area contributed by atoms with Crippen LogP contribution in [0.2, 0.25) is 5.21 Å². The van der Waals surface area contributed by atoms with E-state index in [1.807, 2.05) is 0 Å². The quantitative estimate of drug-likeness (QED) is 0.428. The highest BCUT2D eigenvalue weighted by Crippen LogP contribution is 2.55. The van der Waals surface area contributed by atoms with Crippen LogP contribution in [0.1, 0.15) is 5.56 Å². The third-order valence-electron chi connectivity index (χ3n) is 7.83. The predicted molar refractivity (Wildman–Crippen MR) is 134 cm³/mol. The maximum atomic E-state index is 2.60. The van der Waals surface area contributed by atoms with Crippen LogP contribution in [0.25, 0.3) is 5.57 Å². The van der Waals surface area contributed by atoms with Gasteiger partial charge in [0.2, 0.25) is 0 Å². The summed E-state index contributed by atoms with van der Waals surface area (Å²) >= 11 is 0. The van der Waals surface area contributed by atoms with Gasteiger partial charge in [-0.25, -0.2) is 0 Å². The van der Waals surface area contributed by atoms with Crippen LogP contribution < -0.4 is 21.9 Å². The lowest BCUT2D eigenvalue weighted by atomic mass is 9.22. The van der Waals surface area contributed by atoms with Crippen molar-refractivity contribution in [2.24, 2.45) is 0 Å². The second-order valence-electron chi connectivity index (χ2n) is 9.17. The maximum absolute atomic E-state index is 2.60. The van der Waals surface area contributed by atoms with Crippen LogP contribution in [0.5, 0.6) is 0 Å². The molecule has 0 aliphatic carbocycles. The molecule has 0 aromatic heterocycles. The topological polar surface area (TPSA) is 3.24 Å². The van der Waals surface area contributed by atoms with Crippen molar-refractivity contribution < 1.29 is 0 Å². The first kappa shape index (κ1) is 17.5. The highest BCUT2D eigenvalue weighted by Gasteiger charge is 2.57. The van der Waals surface area contributed by atoms with Crippen LogP contribution in [-0.2, 0) is 0 Å². The Morgan fingerprint density at radius 3 is 2.04 bits per heavy atom. The molecule has 2 aliphatic heterocycles. The number of hydrogen-bond donors (Lipinski definition) is 0. The van der Waals surface area contributed by atoms with E-state index in [2.05, 4.69) is 89.5 Å². The summed E-state index contributed by atoms with van der Waals surface area (Å²) in [5.74, 6) is 0. The number of rotatable bonds is 0. The van der Waals surface area contributed by atoms with Gasteiger partial charge in [-0.05, 0) is 10.9 Å². The smallest absolute Gasteiger partial charge is 0.183 e. The van der Waals surface area contributed by atoms with Crippen LogP contribution in [0.3, 0.4) is 0 Å². The molecule has 12 heteroatoms. The number of fused-ring (bicyclic) bond motifs is 3. The van der Waals surface area contributed by atoms with E-state index in [-0.39, 0.29) is 15.9 Å². The van der Waals surface area contributed by atoms with Crippen molar-refractivity contribution in [3.05, 3.63) is 17.1 Å². The maximum Gasteiger partial charge on any atom is 0.183 e. The zero-order valence-electron chi connectivity index (χ0n) is 16.7. The molecule has 2 heterocycles. The molecule has 1 atom stereocenters. The van der Waals surface area contributed by atoms with Gasteiger partial charge in [-0.15, -0.1) is 10.9 Å². The molecule has 0 N–H and O–H groups in total.